The fourth-order valence-electron chi connectivity index (χ4n) is 0.514. The molecule has 0 saturated carbocycles. The summed E-state index contributed by atoms with van der Waals surface area (Å²) in [7, 11) is 0. The standard InChI is InChI=1S/C5H6N4O/c6-5-4(3-9-10)7-1-2-8-5/h1-3,10H,(H2,6,8). The SMILES string of the molecule is Nc1nccnc1C=NO. The van der Waals surface area contributed by atoms with Gasteiger partial charge in [0.05, 0.1) is 6.21 Å². The van der Waals surface area contributed by atoms with Crippen LogP contribution in [0.1, 0.15) is 5.69 Å². The molecule has 0 fully saturated rings. The molecule has 0 radical (unpaired) electrons. The summed E-state index contributed by atoms with van der Waals surface area (Å²) >= 11 is 0. The average molecular weight is 138 g/mol. The first-order valence-electron chi connectivity index (χ1n) is 2.58. The van der Waals surface area contributed by atoms with Crippen molar-refractivity contribution in [2.24, 2.45) is 5.16 Å². The molecule has 5 nitrogen and oxygen atoms in total. The quantitative estimate of drug-likeness (QED) is 0.321. The zero-order chi connectivity index (χ0) is 7.40. The highest BCUT2D eigenvalue weighted by Gasteiger charge is 1.94. The zero-order valence-corrected chi connectivity index (χ0v) is 5.10. The number of aromatic nitrogens is 2. The molecule has 0 saturated heterocycles. The van der Waals surface area contributed by atoms with Crippen molar-refractivity contribution >= 4 is 12.0 Å². The lowest BCUT2D eigenvalue weighted by Gasteiger charge is -1.92. The molecule has 0 bridgehead atoms. The monoisotopic (exact) mass is 138 g/mol. The predicted octanol–water partition coefficient (Wildman–Crippen LogP) is -0.133. The van der Waals surface area contributed by atoms with E-state index >= 15 is 0 Å². The molecule has 3 N–H and O–H groups in total. The van der Waals surface area contributed by atoms with Crippen LogP contribution in [0, 0.1) is 0 Å². The van der Waals surface area contributed by atoms with Gasteiger partial charge in [-0.25, -0.2) is 9.97 Å². The van der Waals surface area contributed by atoms with E-state index in [4.69, 9.17) is 10.9 Å². The molecule has 5 heteroatoms. The van der Waals surface area contributed by atoms with Crippen LogP contribution in [0.25, 0.3) is 0 Å². The smallest absolute Gasteiger partial charge is 0.151 e. The van der Waals surface area contributed by atoms with E-state index in [1.165, 1.54) is 12.4 Å². The summed E-state index contributed by atoms with van der Waals surface area (Å²) in [5, 5.41) is 10.8. The van der Waals surface area contributed by atoms with Gasteiger partial charge in [0.1, 0.15) is 5.69 Å². The van der Waals surface area contributed by atoms with Crippen LogP contribution in [-0.4, -0.2) is 21.4 Å². The second-order valence-corrected chi connectivity index (χ2v) is 1.57. The van der Waals surface area contributed by atoms with Crippen molar-refractivity contribution < 1.29 is 5.21 Å². The topological polar surface area (TPSA) is 84.4 Å². The Labute approximate surface area is 57.2 Å². The molecule has 0 unspecified atom stereocenters. The molecule has 0 atom stereocenters. The van der Waals surface area contributed by atoms with Gasteiger partial charge in [-0.3, -0.25) is 0 Å². The van der Waals surface area contributed by atoms with Crippen LogP contribution in [0.5, 0.6) is 0 Å². The lowest BCUT2D eigenvalue weighted by Crippen LogP contribution is -1.98. The first-order chi connectivity index (χ1) is 4.84. The summed E-state index contributed by atoms with van der Waals surface area (Å²) in [6.07, 6.45) is 4.06. The Hall–Kier alpha value is -1.65. The van der Waals surface area contributed by atoms with Crippen molar-refractivity contribution in [3.05, 3.63) is 18.1 Å². The molecular weight excluding hydrogens is 132 g/mol. The van der Waals surface area contributed by atoms with E-state index in [0.29, 0.717) is 5.69 Å². The maximum Gasteiger partial charge on any atom is 0.151 e. The minimum absolute atomic E-state index is 0.250. The maximum atomic E-state index is 8.09. The number of rotatable bonds is 1. The number of hydrogen-bond acceptors (Lipinski definition) is 5. The molecule has 0 spiro atoms. The van der Waals surface area contributed by atoms with Crippen LogP contribution in [0.4, 0.5) is 5.82 Å². The summed E-state index contributed by atoms with van der Waals surface area (Å²) < 4.78 is 0. The number of nitrogen functional groups attached to an aromatic ring is 1. The van der Waals surface area contributed by atoms with Crippen molar-refractivity contribution in [3.8, 4) is 0 Å². The fourth-order valence-corrected chi connectivity index (χ4v) is 0.514. The Bertz CT molecular complexity index is 247. The largest absolute Gasteiger partial charge is 0.411 e. The highest BCUT2D eigenvalue weighted by Crippen LogP contribution is 1.97. The molecule has 0 aliphatic carbocycles. The molecule has 0 aromatic carbocycles. The van der Waals surface area contributed by atoms with Gasteiger partial charge in [-0.15, -0.1) is 0 Å². The maximum absolute atomic E-state index is 8.09. The van der Waals surface area contributed by atoms with Crippen molar-refractivity contribution in [1.29, 1.82) is 0 Å². The van der Waals surface area contributed by atoms with Gasteiger partial charge in [-0.05, 0) is 0 Å². The average Bonchev–Trinajstić information content (AvgIpc) is 1.94. The summed E-state index contributed by atoms with van der Waals surface area (Å²) in [4.78, 5) is 7.48. The first-order valence-corrected chi connectivity index (χ1v) is 2.58. The Morgan fingerprint density at radius 3 is 2.80 bits per heavy atom. The number of oxime groups is 1. The first kappa shape index (κ1) is 6.47. The molecule has 0 aliphatic heterocycles. The summed E-state index contributed by atoms with van der Waals surface area (Å²) in [6, 6.07) is 0. The molecule has 1 aromatic rings. The normalized spacial score (nSPS) is 10.4. The number of anilines is 1. The second-order valence-electron chi connectivity index (χ2n) is 1.57. The van der Waals surface area contributed by atoms with Gasteiger partial charge in [0.2, 0.25) is 0 Å². The van der Waals surface area contributed by atoms with Gasteiger partial charge in [0.25, 0.3) is 0 Å². The highest BCUT2D eigenvalue weighted by molar-refractivity contribution is 5.81. The Kier molecular flexibility index (Phi) is 1.79. The predicted molar refractivity (Wildman–Crippen MR) is 35.8 cm³/mol. The Balaban J connectivity index is 3.03. The van der Waals surface area contributed by atoms with Gasteiger partial charge in [0.15, 0.2) is 5.82 Å². The minimum atomic E-state index is 0.250. The zero-order valence-electron chi connectivity index (χ0n) is 5.10. The lowest BCUT2D eigenvalue weighted by atomic mass is 10.4. The molecule has 52 valence electrons. The Morgan fingerprint density at radius 2 is 2.20 bits per heavy atom. The van der Waals surface area contributed by atoms with Crippen LogP contribution in [-0.2, 0) is 0 Å². The van der Waals surface area contributed by atoms with Gasteiger partial charge in [0, 0.05) is 12.4 Å². The van der Waals surface area contributed by atoms with Crippen LogP contribution in [0.3, 0.4) is 0 Å². The van der Waals surface area contributed by atoms with Crippen LogP contribution >= 0.6 is 0 Å². The van der Waals surface area contributed by atoms with Crippen LogP contribution in [0.15, 0.2) is 17.5 Å². The third-order valence-corrected chi connectivity index (χ3v) is 0.936. The molecule has 1 heterocycles. The third-order valence-electron chi connectivity index (χ3n) is 0.936. The molecule has 10 heavy (non-hydrogen) atoms. The van der Waals surface area contributed by atoms with E-state index in [-0.39, 0.29) is 5.82 Å². The van der Waals surface area contributed by atoms with Gasteiger partial charge >= 0.3 is 0 Å². The number of hydrogen-bond donors (Lipinski definition) is 2. The molecule has 1 aromatic heterocycles. The van der Waals surface area contributed by atoms with E-state index in [9.17, 15) is 0 Å². The highest BCUT2D eigenvalue weighted by atomic mass is 16.4. The summed E-state index contributed by atoms with van der Waals surface area (Å²) in [6.45, 7) is 0. The lowest BCUT2D eigenvalue weighted by molar-refractivity contribution is 0.321. The van der Waals surface area contributed by atoms with Crippen molar-refractivity contribution in [3.63, 3.8) is 0 Å². The van der Waals surface area contributed by atoms with Crippen molar-refractivity contribution in [2.75, 3.05) is 5.73 Å². The van der Waals surface area contributed by atoms with Crippen LogP contribution < -0.4 is 5.73 Å². The van der Waals surface area contributed by atoms with Gasteiger partial charge < -0.3 is 10.9 Å². The number of nitrogens with two attached hydrogens (primary N) is 1. The molecular formula is C5H6N4O. The van der Waals surface area contributed by atoms with E-state index in [2.05, 4.69) is 15.1 Å². The van der Waals surface area contributed by atoms with Crippen molar-refractivity contribution in [2.45, 2.75) is 0 Å². The van der Waals surface area contributed by atoms with Crippen molar-refractivity contribution in [1.82, 2.24) is 9.97 Å². The van der Waals surface area contributed by atoms with E-state index in [1.54, 1.807) is 0 Å². The molecule has 0 amide bonds. The third kappa shape index (κ3) is 1.19. The van der Waals surface area contributed by atoms with Gasteiger partial charge in [-0.1, -0.05) is 5.16 Å². The second kappa shape index (κ2) is 2.77. The van der Waals surface area contributed by atoms with Gasteiger partial charge in [-0.2, -0.15) is 0 Å². The summed E-state index contributed by atoms with van der Waals surface area (Å²) in [5.41, 5.74) is 5.70. The Morgan fingerprint density at radius 1 is 1.50 bits per heavy atom. The number of nitrogens with zero attached hydrogens (tertiary/aromatic N) is 3. The molecule has 0 aliphatic rings. The summed E-state index contributed by atoms with van der Waals surface area (Å²) in [5.74, 6) is 0.250. The molecule has 1 rings (SSSR count). The van der Waals surface area contributed by atoms with E-state index in [1.807, 2.05) is 0 Å². The van der Waals surface area contributed by atoms with E-state index in [0.717, 1.165) is 6.21 Å². The minimum Gasteiger partial charge on any atom is -0.411 e. The van der Waals surface area contributed by atoms with E-state index < -0.39 is 0 Å². The fraction of sp³-hybridized carbons (Fsp3) is 0. The van der Waals surface area contributed by atoms with Crippen LogP contribution in [0.2, 0.25) is 0 Å².